The highest BCUT2D eigenvalue weighted by molar-refractivity contribution is 6.18. The van der Waals surface area contributed by atoms with Crippen molar-refractivity contribution in [3.63, 3.8) is 0 Å². The summed E-state index contributed by atoms with van der Waals surface area (Å²) in [5, 5.41) is 0. The molecule has 0 fully saturated rings. The van der Waals surface area contributed by atoms with Crippen molar-refractivity contribution in [3.8, 4) is 0 Å². The monoisotopic (exact) mass is 251 g/mol. The molecule has 0 unspecified atom stereocenters. The second kappa shape index (κ2) is 5.21. The molecule has 0 aliphatic carbocycles. The molecule has 0 atom stereocenters. The van der Waals surface area contributed by atoms with E-state index in [2.05, 4.69) is 0 Å². The molecule has 1 aromatic carbocycles. The van der Waals surface area contributed by atoms with Crippen molar-refractivity contribution in [3.05, 3.63) is 35.1 Å². The van der Waals surface area contributed by atoms with Gasteiger partial charge in [0.1, 0.15) is 0 Å². The average molecular weight is 252 g/mol. The lowest BCUT2D eigenvalue weighted by atomic mass is 10.2. The molecule has 0 bridgehead atoms. The van der Waals surface area contributed by atoms with E-state index < -0.39 is 23.4 Å². The van der Waals surface area contributed by atoms with Gasteiger partial charge in [0.15, 0.2) is 17.5 Å². The highest BCUT2D eigenvalue weighted by Gasteiger charge is 2.17. The molecule has 0 aromatic heterocycles. The van der Waals surface area contributed by atoms with Gasteiger partial charge in [-0.3, -0.25) is 4.79 Å². The van der Waals surface area contributed by atoms with E-state index in [9.17, 15) is 18.0 Å². The summed E-state index contributed by atoms with van der Waals surface area (Å²) in [6, 6.07) is 1.32. The van der Waals surface area contributed by atoms with Gasteiger partial charge >= 0.3 is 0 Å². The van der Waals surface area contributed by atoms with Gasteiger partial charge in [0.05, 0.1) is 0 Å². The molecule has 0 aliphatic heterocycles. The number of carbonyl (C=O) groups is 1. The van der Waals surface area contributed by atoms with Gasteiger partial charge in [-0.15, -0.1) is 11.6 Å². The maximum atomic E-state index is 12.8. The SMILES string of the molecule is CN(CCCl)C(=O)c1cc(F)c(F)c(F)c1. The van der Waals surface area contributed by atoms with Gasteiger partial charge in [-0.05, 0) is 12.1 Å². The molecule has 0 radical (unpaired) electrons. The van der Waals surface area contributed by atoms with Crippen LogP contribution in [-0.2, 0) is 0 Å². The molecule has 2 nitrogen and oxygen atoms in total. The summed E-state index contributed by atoms with van der Waals surface area (Å²) in [4.78, 5) is 12.8. The maximum Gasteiger partial charge on any atom is 0.253 e. The molecular weight excluding hydrogens is 243 g/mol. The zero-order valence-electron chi connectivity index (χ0n) is 8.44. The number of carbonyl (C=O) groups excluding carboxylic acids is 1. The predicted molar refractivity (Wildman–Crippen MR) is 54.0 cm³/mol. The van der Waals surface area contributed by atoms with Gasteiger partial charge < -0.3 is 4.90 Å². The molecule has 6 heteroatoms. The minimum absolute atomic E-state index is 0.203. The molecule has 0 saturated carbocycles. The fourth-order valence-corrected chi connectivity index (χ4v) is 1.38. The molecule has 0 spiro atoms. The van der Waals surface area contributed by atoms with E-state index in [-0.39, 0.29) is 18.0 Å². The Bertz CT molecular complexity index is 388. The summed E-state index contributed by atoms with van der Waals surface area (Å²) in [5.74, 6) is -4.77. The van der Waals surface area contributed by atoms with Crippen molar-refractivity contribution in [1.82, 2.24) is 4.90 Å². The smallest absolute Gasteiger partial charge is 0.253 e. The number of hydrogen-bond acceptors (Lipinski definition) is 1. The van der Waals surface area contributed by atoms with Gasteiger partial charge in [0, 0.05) is 25.0 Å². The van der Waals surface area contributed by atoms with Crippen LogP contribution < -0.4 is 0 Å². The average Bonchev–Trinajstić information content (AvgIpc) is 2.24. The van der Waals surface area contributed by atoms with Crippen molar-refractivity contribution >= 4 is 17.5 Å². The normalized spacial score (nSPS) is 10.3. The second-order valence-corrected chi connectivity index (χ2v) is 3.55. The maximum absolute atomic E-state index is 12.8. The van der Waals surface area contributed by atoms with E-state index in [1.165, 1.54) is 11.9 Å². The van der Waals surface area contributed by atoms with Crippen LogP contribution in [0.5, 0.6) is 0 Å². The topological polar surface area (TPSA) is 20.3 Å². The van der Waals surface area contributed by atoms with E-state index >= 15 is 0 Å². The van der Waals surface area contributed by atoms with Crippen LogP contribution in [0.15, 0.2) is 12.1 Å². The zero-order valence-corrected chi connectivity index (χ0v) is 9.19. The highest BCUT2D eigenvalue weighted by Crippen LogP contribution is 2.14. The van der Waals surface area contributed by atoms with Crippen LogP contribution >= 0.6 is 11.6 Å². The Morgan fingerprint density at radius 2 is 1.81 bits per heavy atom. The van der Waals surface area contributed by atoms with Crippen molar-refractivity contribution < 1.29 is 18.0 Å². The van der Waals surface area contributed by atoms with E-state index in [1.807, 2.05) is 0 Å². The van der Waals surface area contributed by atoms with Crippen LogP contribution in [0.3, 0.4) is 0 Å². The first-order valence-electron chi connectivity index (χ1n) is 4.43. The van der Waals surface area contributed by atoms with Crippen LogP contribution in [0.4, 0.5) is 13.2 Å². The Morgan fingerprint density at radius 1 is 1.31 bits per heavy atom. The van der Waals surface area contributed by atoms with Gasteiger partial charge in [-0.2, -0.15) is 0 Å². The summed E-state index contributed by atoms with van der Waals surface area (Å²) >= 11 is 5.41. The number of halogens is 4. The number of rotatable bonds is 3. The van der Waals surface area contributed by atoms with E-state index in [0.29, 0.717) is 12.1 Å². The summed E-state index contributed by atoms with van der Waals surface area (Å²) in [7, 11) is 1.43. The van der Waals surface area contributed by atoms with Crippen LogP contribution in [0.25, 0.3) is 0 Å². The van der Waals surface area contributed by atoms with E-state index in [1.54, 1.807) is 0 Å². The first-order chi connectivity index (χ1) is 7.47. The molecule has 1 amide bonds. The number of amides is 1. The molecular formula is C10H9ClF3NO. The van der Waals surface area contributed by atoms with Crippen LogP contribution in [0.1, 0.15) is 10.4 Å². The standard InChI is InChI=1S/C10H9ClF3NO/c1-15(3-2-11)10(16)6-4-7(12)9(14)8(13)5-6/h4-5H,2-3H2,1H3. The van der Waals surface area contributed by atoms with Crippen molar-refractivity contribution in [1.29, 1.82) is 0 Å². The third-order valence-electron chi connectivity index (χ3n) is 2.00. The first-order valence-corrected chi connectivity index (χ1v) is 4.96. The molecule has 0 heterocycles. The third-order valence-corrected chi connectivity index (χ3v) is 2.17. The number of benzene rings is 1. The van der Waals surface area contributed by atoms with Crippen molar-refractivity contribution in [2.24, 2.45) is 0 Å². The van der Waals surface area contributed by atoms with E-state index in [0.717, 1.165) is 0 Å². The minimum atomic E-state index is -1.59. The highest BCUT2D eigenvalue weighted by atomic mass is 35.5. The molecule has 1 aromatic rings. The quantitative estimate of drug-likeness (QED) is 0.597. The summed E-state index contributed by atoms with van der Waals surface area (Å²) in [5.41, 5.74) is -0.246. The lowest BCUT2D eigenvalue weighted by molar-refractivity contribution is 0.0802. The Hall–Kier alpha value is -1.23. The minimum Gasteiger partial charge on any atom is -0.341 e. The fourth-order valence-electron chi connectivity index (χ4n) is 1.13. The van der Waals surface area contributed by atoms with Crippen LogP contribution in [0, 0.1) is 17.5 Å². The Balaban J connectivity index is 3.01. The zero-order chi connectivity index (χ0) is 12.3. The summed E-state index contributed by atoms with van der Waals surface area (Å²) < 4.78 is 38.3. The van der Waals surface area contributed by atoms with Gasteiger partial charge in [-0.25, -0.2) is 13.2 Å². The lowest BCUT2D eigenvalue weighted by Crippen LogP contribution is -2.28. The summed E-state index contributed by atoms with van der Waals surface area (Å²) in [6.07, 6.45) is 0. The number of alkyl halides is 1. The lowest BCUT2D eigenvalue weighted by Gasteiger charge is -2.15. The molecule has 1 rings (SSSR count). The largest absolute Gasteiger partial charge is 0.341 e. The van der Waals surface area contributed by atoms with Crippen molar-refractivity contribution in [2.75, 3.05) is 19.5 Å². The molecule has 88 valence electrons. The van der Waals surface area contributed by atoms with Gasteiger partial charge in [0.2, 0.25) is 0 Å². The molecule has 0 N–H and O–H groups in total. The third kappa shape index (κ3) is 2.66. The summed E-state index contributed by atoms with van der Waals surface area (Å²) in [6.45, 7) is 0.237. The molecule has 0 aliphatic rings. The Kier molecular flexibility index (Phi) is 4.18. The first kappa shape index (κ1) is 12.8. The second-order valence-electron chi connectivity index (χ2n) is 3.17. The van der Waals surface area contributed by atoms with Crippen molar-refractivity contribution in [2.45, 2.75) is 0 Å². The molecule has 0 saturated heterocycles. The van der Waals surface area contributed by atoms with Crippen LogP contribution in [0.2, 0.25) is 0 Å². The Morgan fingerprint density at radius 3 is 2.25 bits per heavy atom. The van der Waals surface area contributed by atoms with Gasteiger partial charge in [-0.1, -0.05) is 0 Å². The Labute approximate surface area is 95.6 Å². The number of nitrogens with zero attached hydrogens (tertiary/aromatic N) is 1. The van der Waals surface area contributed by atoms with E-state index in [4.69, 9.17) is 11.6 Å². The predicted octanol–water partition coefficient (Wildman–Crippen LogP) is 2.41. The van der Waals surface area contributed by atoms with Crippen LogP contribution in [-0.4, -0.2) is 30.3 Å². The fraction of sp³-hybridized carbons (Fsp3) is 0.300. The van der Waals surface area contributed by atoms with Gasteiger partial charge in [0.25, 0.3) is 5.91 Å². The molecule has 16 heavy (non-hydrogen) atoms. The number of hydrogen-bond donors (Lipinski definition) is 0.